The van der Waals surface area contributed by atoms with Gasteiger partial charge in [0.15, 0.2) is 5.82 Å². The standard InChI is InChI=1S/C10H14N4O5/c15-6-3-7(9(16)17)14(4-6)10(18)11-2-1-8-12-5-19-13-8/h5-7,15H,1-4H2,(H,11,18)(H,16,17)/t6-,7-/m0/s1. The zero-order valence-corrected chi connectivity index (χ0v) is 10.0. The average Bonchev–Trinajstić information content (AvgIpc) is 2.98. The molecule has 104 valence electrons. The zero-order chi connectivity index (χ0) is 13.8. The van der Waals surface area contributed by atoms with Crippen molar-refractivity contribution < 1.29 is 24.3 Å². The maximum Gasteiger partial charge on any atom is 0.326 e. The molecule has 0 radical (unpaired) electrons. The maximum absolute atomic E-state index is 11.8. The van der Waals surface area contributed by atoms with Crippen LogP contribution in [0.5, 0.6) is 0 Å². The number of likely N-dealkylation sites (tertiary alicyclic amines) is 1. The number of β-amino-alcohol motifs (C(OH)–C–C–N with tert-alkyl or cyclic N) is 1. The van der Waals surface area contributed by atoms with E-state index >= 15 is 0 Å². The van der Waals surface area contributed by atoms with E-state index in [2.05, 4.69) is 20.0 Å². The number of aliphatic carboxylic acids is 1. The molecule has 9 heteroatoms. The maximum atomic E-state index is 11.8. The van der Waals surface area contributed by atoms with Gasteiger partial charge in [0.05, 0.1) is 6.10 Å². The van der Waals surface area contributed by atoms with Crippen LogP contribution in [0.2, 0.25) is 0 Å². The van der Waals surface area contributed by atoms with Crippen LogP contribution < -0.4 is 5.32 Å². The highest BCUT2D eigenvalue weighted by molar-refractivity contribution is 5.83. The number of rotatable bonds is 4. The predicted molar refractivity (Wildman–Crippen MR) is 60.2 cm³/mol. The number of carboxylic acids is 1. The molecule has 19 heavy (non-hydrogen) atoms. The summed E-state index contributed by atoms with van der Waals surface area (Å²) in [4.78, 5) is 27.7. The second-order valence-electron chi connectivity index (χ2n) is 4.23. The summed E-state index contributed by atoms with van der Waals surface area (Å²) in [6, 6.07) is -1.51. The van der Waals surface area contributed by atoms with Crippen molar-refractivity contribution in [3.63, 3.8) is 0 Å². The van der Waals surface area contributed by atoms with Crippen molar-refractivity contribution >= 4 is 12.0 Å². The molecule has 2 amide bonds. The Morgan fingerprint density at radius 3 is 3.00 bits per heavy atom. The Balaban J connectivity index is 1.83. The smallest absolute Gasteiger partial charge is 0.326 e. The largest absolute Gasteiger partial charge is 0.480 e. The summed E-state index contributed by atoms with van der Waals surface area (Å²) < 4.78 is 4.54. The monoisotopic (exact) mass is 270 g/mol. The third-order valence-electron chi connectivity index (χ3n) is 2.86. The van der Waals surface area contributed by atoms with E-state index in [9.17, 15) is 14.7 Å². The number of aromatic nitrogens is 2. The highest BCUT2D eigenvalue weighted by Crippen LogP contribution is 2.17. The summed E-state index contributed by atoms with van der Waals surface area (Å²) in [5, 5.41) is 24.5. The summed E-state index contributed by atoms with van der Waals surface area (Å²) in [6.07, 6.45) is 0.822. The van der Waals surface area contributed by atoms with Crippen LogP contribution in [0.15, 0.2) is 10.9 Å². The van der Waals surface area contributed by atoms with Crippen LogP contribution in [0.25, 0.3) is 0 Å². The van der Waals surface area contributed by atoms with Crippen LogP contribution in [0.4, 0.5) is 4.79 Å². The van der Waals surface area contributed by atoms with Gasteiger partial charge in [-0.3, -0.25) is 0 Å². The van der Waals surface area contributed by atoms with E-state index < -0.39 is 24.1 Å². The number of carbonyl (C=O) groups excluding carboxylic acids is 1. The van der Waals surface area contributed by atoms with Gasteiger partial charge in [-0.15, -0.1) is 0 Å². The van der Waals surface area contributed by atoms with E-state index in [0.717, 1.165) is 4.90 Å². The molecule has 0 unspecified atom stereocenters. The minimum Gasteiger partial charge on any atom is -0.480 e. The van der Waals surface area contributed by atoms with Crippen molar-refractivity contribution in [1.82, 2.24) is 20.4 Å². The number of amides is 2. The van der Waals surface area contributed by atoms with Gasteiger partial charge in [-0.1, -0.05) is 5.16 Å². The van der Waals surface area contributed by atoms with Crippen molar-refractivity contribution in [1.29, 1.82) is 0 Å². The number of hydrogen-bond acceptors (Lipinski definition) is 6. The molecule has 1 fully saturated rings. The molecule has 3 N–H and O–H groups in total. The van der Waals surface area contributed by atoms with E-state index in [0.29, 0.717) is 12.2 Å². The Hall–Kier alpha value is -2.16. The van der Waals surface area contributed by atoms with E-state index in [1.165, 1.54) is 6.39 Å². The van der Waals surface area contributed by atoms with E-state index in [4.69, 9.17) is 5.11 Å². The number of nitrogens with one attached hydrogen (secondary N) is 1. The summed E-state index contributed by atoms with van der Waals surface area (Å²) in [6.45, 7) is 0.280. The molecular formula is C10H14N4O5. The molecule has 1 aliphatic heterocycles. The minimum absolute atomic E-state index is 0.0189. The molecule has 1 aromatic heterocycles. The van der Waals surface area contributed by atoms with Crippen LogP contribution in [-0.4, -0.2) is 62.5 Å². The highest BCUT2D eigenvalue weighted by atomic mass is 16.5. The Labute approximate surface area is 108 Å². The first-order valence-electron chi connectivity index (χ1n) is 5.78. The Morgan fingerprint density at radius 1 is 1.58 bits per heavy atom. The first-order chi connectivity index (χ1) is 9.08. The topological polar surface area (TPSA) is 129 Å². The van der Waals surface area contributed by atoms with Crippen LogP contribution in [0, 0.1) is 0 Å². The second-order valence-corrected chi connectivity index (χ2v) is 4.23. The lowest BCUT2D eigenvalue weighted by Crippen LogP contribution is -2.46. The number of urea groups is 1. The summed E-state index contributed by atoms with van der Waals surface area (Å²) in [5.74, 6) is -0.665. The fourth-order valence-corrected chi connectivity index (χ4v) is 1.96. The SMILES string of the molecule is O=C(O)[C@@H]1C[C@H](O)CN1C(=O)NCCc1ncon1. The van der Waals surface area contributed by atoms with Crippen molar-refractivity contribution in [2.45, 2.75) is 25.0 Å². The molecule has 0 aliphatic carbocycles. The number of nitrogens with zero attached hydrogens (tertiary/aromatic N) is 3. The normalized spacial score (nSPS) is 22.5. The minimum atomic E-state index is -1.12. The molecule has 1 saturated heterocycles. The average molecular weight is 270 g/mol. The molecule has 2 atom stereocenters. The first-order valence-corrected chi connectivity index (χ1v) is 5.78. The molecule has 1 aliphatic rings. The summed E-state index contributed by atoms with van der Waals surface area (Å²) in [5.41, 5.74) is 0. The molecule has 1 aromatic rings. The molecule has 0 saturated carbocycles. The van der Waals surface area contributed by atoms with Gasteiger partial charge in [-0.25, -0.2) is 9.59 Å². The fraction of sp³-hybridized carbons (Fsp3) is 0.600. The van der Waals surface area contributed by atoms with Crippen LogP contribution in [0.1, 0.15) is 12.2 Å². The van der Waals surface area contributed by atoms with Gasteiger partial charge in [0, 0.05) is 25.9 Å². The highest BCUT2D eigenvalue weighted by Gasteiger charge is 2.38. The van der Waals surface area contributed by atoms with Gasteiger partial charge in [-0.2, -0.15) is 4.98 Å². The predicted octanol–water partition coefficient (Wildman–Crippen LogP) is -1.16. The van der Waals surface area contributed by atoms with Crippen LogP contribution in [0.3, 0.4) is 0 Å². The van der Waals surface area contributed by atoms with Gasteiger partial charge >= 0.3 is 12.0 Å². The van der Waals surface area contributed by atoms with Crippen LogP contribution >= 0.6 is 0 Å². The van der Waals surface area contributed by atoms with Gasteiger partial charge in [0.1, 0.15) is 6.04 Å². The Bertz CT molecular complexity index is 449. The number of carboxylic acid groups (broad SMARTS) is 1. The number of aliphatic hydroxyl groups is 1. The quantitative estimate of drug-likeness (QED) is 0.629. The zero-order valence-electron chi connectivity index (χ0n) is 10.0. The lowest BCUT2D eigenvalue weighted by atomic mass is 10.2. The molecule has 0 aromatic carbocycles. The summed E-state index contributed by atoms with van der Waals surface area (Å²) in [7, 11) is 0. The van der Waals surface area contributed by atoms with Crippen molar-refractivity contribution in [3.8, 4) is 0 Å². The second kappa shape index (κ2) is 5.65. The van der Waals surface area contributed by atoms with Gasteiger partial charge in [0.2, 0.25) is 6.39 Å². The third kappa shape index (κ3) is 3.19. The van der Waals surface area contributed by atoms with Gasteiger partial charge in [0.25, 0.3) is 0 Å². The van der Waals surface area contributed by atoms with E-state index in [1.54, 1.807) is 0 Å². The number of aliphatic hydroxyl groups excluding tert-OH is 1. The molecule has 0 bridgehead atoms. The third-order valence-corrected chi connectivity index (χ3v) is 2.86. The summed E-state index contributed by atoms with van der Waals surface area (Å²) >= 11 is 0. The van der Waals surface area contributed by atoms with Crippen molar-refractivity contribution in [3.05, 3.63) is 12.2 Å². The van der Waals surface area contributed by atoms with Crippen molar-refractivity contribution in [2.24, 2.45) is 0 Å². The number of carbonyl (C=O) groups is 2. The number of hydrogen-bond donors (Lipinski definition) is 3. The van der Waals surface area contributed by atoms with E-state index in [-0.39, 0.29) is 19.5 Å². The first kappa shape index (κ1) is 13.3. The molecule has 9 nitrogen and oxygen atoms in total. The molecule has 2 rings (SSSR count). The Kier molecular flexibility index (Phi) is 3.95. The molecule has 2 heterocycles. The fourth-order valence-electron chi connectivity index (χ4n) is 1.96. The lowest BCUT2D eigenvalue weighted by Gasteiger charge is -2.21. The lowest BCUT2D eigenvalue weighted by molar-refractivity contribution is -0.141. The van der Waals surface area contributed by atoms with Crippen molar-refractivity contribution in [2.75, 3.05) is 13.1 Å². The molecular weight excluding hydrogens is 256 g/mol. The van der Waals surface area contributed by atoms with E-state index in [1.807, 2.05) is 0 Å². The van der Waals surface area contributed by atoms with Gasteiger partial charge < -0.3 is 25.0 Å². The van der Waals surface area contributed by atoms with Crippen LogP contribution in [-0.2, 0) is 11.2 Å². The Morgan fingerprint density at radius 2 is 2.37 bits per heavy atom. The van der Waals surface area contributed by atoms with Gasteiger partial charge in [-0.05, 0) is 0 Å². The molecule has 0 spiro atoms.